The van der Waals surface area contributed by atoms with Crippen molar-refractivity contribution >= 4 is 6.29 Å². The van der Waals surface area contributed by atoms with Gasteiger partial charge >= 0.3 is 0 Å². The summed E-state index contributed by atoms with van der Waals surface area (Å²) in [4.78, 5) is 10.6. The molecular weight excluding hydrogens is 252 g/mol. The van der Waals surface area contributed by atoms with Gasteiger partial charge in [-0.05, 0) is 44.9 Å². The van der Waals surface area contributed by atoms with E-state index in [4.69, 9.17) is 9.47 Å². The van der Waals surface area contributed by atoms with E-state index in [-0.39, 0.29) is 12.2 Å². The maximum atomic E-state index is 10.6. The Labute approximate surface area is 123 Å². The lowest BCUT2D eigenvalue weighted by atomic mass is 10.0. The van der Waals surface area contributed by atoms with Crippen LogP contribution in [0.2, 0.25) is 0 Å². The van der Waals surface area contributed by atoms with Crippen molar-refractivity contribution in [2.75, 3.05) is 13.2 Å². The van der Waals surface area contributed by atoms with Crippen LogP contribution in [0.15, 0.2) is 24.3 Å². The van der Waals surface area contributed by atoms with E-state index in [0.29, 0.717) is 6.61 Å². The molecule has 0 spiro atoms. The SMILES string of the molecule is CCC(C=O)C/C=C/CC/C=C/COC1CCCCO1. The van der Waals surface area contributed by atoms with E-state index in [1.54, 1.807) is 0 Å². The van der Waals surface area contributed by atoms with Gasteiger partial charge in [-0.25, -0.2) is 0 Å². The molecule has 0 N–H and O–H groups in total. The first-order chi connectivity index (χ1) is 9.86. The van der Waals surface area contributed by atoms with Crippen molar-refractivity contribution in [3.63, 3.8) is 0 Å². The van der Waals surface area contributed by atoms with Crippen LogP contribution in [0.5, 0.6) is 0 Å². The van der Waals surface area contributed by atoms with Crippen LogP contribution in [0.3, 0.4) is 0 Å². The molecule has 2 atom stereocenters. The Kier molecular flexibility index (Phi) is 10.2. The van der Waals surface area contributed by atoms with E-state index in [1.165, 1.54) is 6.42 Å². The molecule has 1 saturated heterocycles. The molecule has 20 heavy (non-hydrogen) atoms. The number of unbranched alkanes of at least 4 members (excludes halogenated alkanes) is 1. The third kappa shape index (κ3) is 8.28. The third-order valence-electron chi connectivity index (χ3n) is 3.51. The molecular formula is C17H28O3. The lowest BCUT2D eigenvalue weighted by Crippen LogP contribution is -2.22. The maximum absolute atomic E-state index is 10.6. The Bertz CT molecular complexity index is 291. The fourth-order valence-corrected chi connectivity index (χ4v) is 2.09. The molecule has 3 heteroatoms. The van der Waals surface area contributed by atoms with E-state index in [0.717, 1.165) is 51.4 Å². The number of rotatable bonds is 10. The molecule has 0 aromatic rings. The average molecular weight is 280 g/mol. The molecule has 0 radical (unpaired) electrons. The number of hydrogen-bond acceptors (Lipinski definition) is 3. The molecule has 114 valence electrons. The summed E-state index contributed by atoms with van der Waals surface area (Å²) in [7, 11) is 0. The highest BCUT2D eigenvalue weighted by Crippen LogP contribution is 2.13. The van der Waals surface area contributed by atoms with Gasteiger partial charge in [-0.15, -0.1) is 0 Å². The molecule has 0 bridgehead atoms. The molecule has 0 saturated carbocycles. The fourth-order valence-electron chi connectivity index (χ4n) is 2.09. The van der Waals surface area contributed by atoms with E-state index in [9.17, 15) is 4.79 Å². The van der Waals surface area contributed by atoms with Gasteiger partial charge in [0.1, 0.15) is 6.29 Å². The van der Waals surface area contributed by atoms with Crippen molar-refractivity contribution in [3.8, 4) is 0 Å². The first kappa shape index (κ1) is 17.1. The molecule has 0 amide bonds. The average Bonchev–Trinajstić information content (AvgIpc) is 2.50. The van der Waals surface area contributed by atoms with E-state index in [1.807, 2.05) is 6.92 Å². The summed E-state index contributed by atoms with van der Waals surface area (Å²) in [6.07, 6.45) is 16.7. The monoisotopic (exact) mass is 280 g/mol. The zero-order chi connectivity index (χ0) is 14.5. The van der Waals surface area contributed by atoms with Crippen molar-refractivity contribution in [1.82, 2.24) is 0 Å². The molecule has 1 aliphatic heterocycles. The first-order valence-electron chi connectivity index (χ1n) is 7.85. The van der Waals surface area contributed by atoms with Crippen LogP contribution in [0.1, 0.15) is 51.9 Å². The Morgan fingerprint density at radius 1 is 1.20 bits per heavy atom. The Morgan fingerprint density at radius 3 is 2.65 bits per heavy atom. The van der Waals surface area contributed by atoms with Gasteiger partial charge in [0.15, 0.2) is 6.29 Å². The first-order valence-corrected chi connectivity index (χ1v) is 7.85. The molecule has 2 unspecified atom stereocenters. The summed E-state index contributed by atoms with van der Waals surface area (Å²) in [5.74, 6) is 0.186. The minimum absolute atomic E-state index is 0.00242. The minimum Gasteiger partial charge on any atom is -0.353 e. The van der Waals surface area contributed by atoms with Crippen LogP contribution in [0, 0.1) is 5.92 Å². The van der Waals surface area contributed by atoms with Crippen LogP contribution in [-0.4, -0.2) is 25.8 Å². The topological polar surface area (TPSA) is 35.5 Å². The molecule has 1 heterocycles. The number of ether oxygens (including phenoxy) is 2. The highest BCUT2D eigenvalue weighted by atomic mass is 16.7. The zero-order valence-corrected chi connectivity index (χ0v) is 12.6. The zero-order valence-electron chi connectivity index (χ0n) is 12.6. The summed E-state index contributed by atoms with van der Waals surface area (Å²) in [6.45, 7) is 3.52. The molecule has 1 fully saturated rings. The summed E-state index contributed by atoms with van der Waals surface area (Å²) < 4.78 is 11.1. The van der Waals surface area contributed by atoms with E-state index in [2.05, 4.69) is 24.3 Å². The van der Waals surface area contributed by atoms with Gasteiger partial charge in [0.25, 0.3) is 0 Å². The lowest BCUT2D eigenvalue weighted by molar-refractivity contribution is -0.155. The van der Waals surface area contributed by atoms with Crippen LogP contribution in [-0.2, 0) is 14.3 Å². The highest BCUT2D eigenvalue weighted by Gasteiger charge is 2.12. The number of allylic oxidation sites excluding steroid dienone is 3. The van der Waals surface area contributed by atoms with Gasteiger partial charge in [0.05, 0.1) is 6.61 Å². The van der Waals surface area contributed by atoms with Gasteiger partial charge < -0.3 is 14.3 Å². The van der Waals surface area contributed by atoms with Crippen LogP contribution < -0.4 is 0 Å². The summed E-state index contributed by atoms with van der Waals surface area (Å²) in [5.41, 5.74) is 0. The number of carbonyl (C=O) groups is 1. The number of carbonyl (C=O) groups excluding carboxylic acids is 1. The lowest BCUT2D eigenvalue weighted by Gasteiger charge is -2.21. The molecule has 0 aromatic carbocycles. The highest BCUT2D eigenvalue weighted by molar-refractivity contribution is 5.53. The van der Waals surface area contributed by atoms with Gasteiger partial charge in [0, 0.05) is 12.5 Å². The summed E-state index contributed by atoms with van der Waals surface area (Å²) >= 11 is 0. The normalized spacial score (nSPS) is 21.6. The van der Waals surface area contributed by atoms with Crippen LogP contribution >= 0.6 is 0 Å². The molecule has 0 aliphatic carbocycles. The minimum atomic E-state index is 0.00242. The second-order valence-corrected chi connectivity index (χ2v) is 5.19. The molecule has 1 rings (SSSR count). The van der Waals surface area contributed by atoms with Crippen molar-refractivity contribution in [2.45, 2.75) is 58.2 Å². The van der Waals surface area contributed by atoms with Gasteiger partial charge in [-0.2, -0.15) is 0 Å². The van der Waals surface area contributed by atoms with Gasteiger partial charge in [-0.1, -0.05) is 31.2 Å². The van der Waals surface area contributed by atoms with Crippen molar-refractivity contribution in [2.24, 2.45) is 5.92 Å². The largest absolute Gasteiger partial charge is 0.353 e. The fraction of sp³-hybridized carbons (Fsp3) is 0.706. The third-order valence-corrected chi connectivity index (χ3v) is 3.51. The molecule has 1 aliphatic rings. The number of aldehydes is 1. The van der Waals surface area contributed by atoms with Crippen molar-refractivity contribution in [1.29, 1.82) is 0 Å². The smallest absolute Gasteiger partial charge is 0.157 e. The van der Waals surface area contributed by atoms with E-state index >= 15 is 0 Å². The summed E-state index contributed by atoms with van der Waals surface area (Å²) in [5, 5.41) is 0. The predicted octanol–water partition coefficient (Wildman–Crippen LogP) is 4.04. The van der Waals surface area contributed by atoms with E-state index < -0.39 is 0 Å². The van der Waals surface area contributed by atoms with Crippen LogP contribution in [0.4, 0.5) is 0 Å². The second kappa shape index (κ2) is 11.9. The van der Waals surface area contributed by atoms with Crippen molar-refractivity contribution < 1.29 is 14.3 Å². The van der Waals surface area contributed by atoms with Crippen molar-refractivity contribution in [3.05, 3.63) is 24.3 Å². The number of hydrogen-bond donors (Lipinski definition) is 0. The quantitative estimate of drug-likeness (QED) is 0.344. The molecule has 0 aromatic heterocycles. The Hall–Kier alpha value is -0.930. The summed E-state index contributed by atoms with van der Waals surface area (Å²) in [6, 6.07) is 0. The molecule has 3 nitrogen and oxygen atoms in total. The van der Waals surface area contributed by atoms with Gasteiger partial charge in [-0.3, -0.25) is 0 Å². The van der Waals surface area contributed by atoms with Gasteiger partial charge in [0.2, 0.25) is 0 Å². The maximum Gasteiger partial charge on any atom is 0.157 e. The second-order valence-electron chi connectivity index (χ2n) is 5.19. The van der Waals surface area contributed by atoms with Crippen LogP contribution in [0.25, 0.3) is 0 Å². The Balaban J connectivity index is 1.96. The Morgan fingerprint density at radius 2 is 2.00 bits per heavy atom. The predicted molar refractivity (Wildman–Crippen MR) is 81.5 cm³/mol. The standard InChI is InChI=1S/C17H28O3/c1-2-16(15-18)11-7-5-3-4-6-9-13-19-17-12-8-10-14-20-17/h5-7,9,15-17H,2-4,8,10-14H2,1H3/b7-5+,9-6+.